The van der Waals surface area contributed by atoms with Gasteiger partial charge in [-0.3, -0.25) is 14.7 Å². The minimum absolute atomic E-state index is 0.134. The average Bonchev–Trinajstić information content (AvgIpc) is 2.61. The molecule has 0 aliphatic carbocycles. The normalized spacial score (nSPS) is 19.6. The monoisotopic (exact) mass is 355 g/mol. The number of pyridine rings is 1. The van der Waals surface area contributed by atoms with Crippen LogP contribution < -0.4 is 0 Å². The van der Waals surface area contributed by atoms with Crippen molar-refractivity contribution in [2.24, 2.45) is 5.41 Å². The van der Waals surface area contributed by atoms with Crippen molar-refractivity contribution >= 4 is 17.5 Å². The van der Waals surface area contributed by atoms with E-state index in [2.05, 4.69) is 16.0 Å². The van der Waals surface area contributed by atoms with Crippen molar-refractivity contribution in [3.05, 3.63) is 64.9 Å². The number of aromatic nitrogens is 1. The predicted octanol–water partition coefficient (Wildman–Crippen LogP) is 3.47. The fourth-order valence-electron chi connectivity index (χ4n) is 3.98. The lowest BCUT2D eigenvalue weighted by atomic mass is 9.71. The summed E-state index contributed by atoms with van der Waals surface area (Å²) in [5.74, 6) is 0.134. The van der Waals surface area contributed by atoms with Gasteiger partial charge >= 0.3 is 0 Å². The maximum absolute atomic E-state index is 12.5. The van der Waals surface area contributed by atoms with Gasteiger partial charge in [-0.2, -0.15) is 0 Å². The number of halogens is 1. The van der Waals surface area contributed by atoms with E-state index in [1.54, 1.807) is 24.5 Å². The lowest BCUT2D eigenvalue weighted by Gasteiger charge is -2.54. The van der Waals surface area contributed by atoms with Gasteiger partial charge in [0.05, 0.1) is 0 Å². The molecule has 1 aromatic heterocycles. The number of benzene rings is 1. The third-order valence-electron chi connectivity index (χ3n) is 5.48. The molecular weight excluding hydrogens is 334 g/mol. The largest absolute Gasteiger partial charge is 0.337 e. The molecule has 1 aromatic carbocycles. The number of amides is 1. The Labute approximate surface area is 153 Å². The van der Waals surface area contributed by atoms with Gasteiger partial charge in [0.25, 0.3) is 5.91 Å². The Morgan fingerprint density at radius 2 is 1.84 bits per heavy atom. The fraction of sp³-hybridized carbons (Fsp3) is 0.400. The summed E-state index contributed by atoms with van der Waals surface area (Å²) in [4.78, 5) is 20.9. The highest BCUT2D eigenvalue weighted by atomic mass is 35.5. The molecule has 2 fully saturated rings. The molecule has 2 aliphatic heterocycles. The lowest BCUT2D eigenvalue weighted by molar-refractivity contribution is -0.0336. The van der Waals surface area contributed by atoms with Crippen molar-refractivity contribution in [3.8, 4) is 0 Å². The molecule has 0 unspecified atom stereocenters. The van der Waals surface area contributed by atoms with Crippen LogP contribution in [0.4, 0.5) is 0 Å². The highest BCUT2D eigenvalue weighted by Gasteiger charge is 2.46. The molecule has 0 radical (unpaired) electrons. The Balaban J connectivity index is 1.29. The van der Waals surface area contributed by atoms with E-state index in [0.717, 1.165) is 56.2 Å². The van der Waals surface area contributed by atoms with Gasteiger partial charge in [0.15, 0.2) is 0 Å². The zero-order valence-corrected chi connectivity index (χ0v) is 15.0. The number of hydrogen-bond donors (Lipinski definition) is 0. The topological polar surface area (TPSA) is 36.4 Å². The Kier molecular flexibility index (Phi) is 4.48. The second kappa shape index (κ2) is 6.77. The fourth-order valence-corrected chi connectivity index (χ4v) is 4.19. The van der Waals surface area contributed by atoms with E-state index in [-0.39, 0.29) is 5.91 Å². The van der Waals surface area contributed by atoms with E-state index >= 15 is 0 Å². The molecule has 3 heterocycles. The summed E-state index contributed by atoms with van der Waals surface area (Å²) in [6.07, 6.45) is 5.68. The predicted molar refractivity (Wildman–Crippen MR) is 98.5 cm³/mol. The average molecular weight is 356 g/mol. The van der Waals surface area contributed by atoms with E-state index in [0.29, 0.717) is 5.41 Å². The van der Waals surface area contributed by atoms with Gasteiger partial charge in [0.2, 0.25) is 0 Å². The van der Waals surface area contributed by atoms with Crippen LogP contribution in [0.25, 0.3) is 0 Å². The van der Waals surface area contributed by atoms with Crippen LogP contribution in [-0.4, -0.2) is 46.9 Å². The number of rotatable bonds is 3. The van der Waals surface area contributed by atoms with E-state index < -0.39 is 0 Å². The molecule has 1 amide bonds. The summed E-state index contributed by atoms with van der Waals surface area (Å²) in [6, 6.07) is 11.7. The van der Waals surface area contributed by atoms with Crippen molar-refractivity contribution in [1.82, 2.24) is 14.8 Å². The number of nitrogens with zero attached hydrogens (tertiary/aromatic N) is 3. The molecule has 130 valence electrons. The molecule has 2 saturated heterocycles. The van der Waals surface area contributed by atoms with Gasteiger partial charge in [-0.1, -0.05) is 23.7 Å². The van der Waals surface area contributed by atoms with E-state index in [4.69, 9.17) is 11.6 Å². The molecule has 0 saturated carbocycles. The minimum atomic E-state index is 0.134. The number of hydrogen-bond acceptors (Lipinski definition) is 3. The van der Waals surface area contributed by atoms with Crippen LogP contribution in [0.1, 0.15) is 28.8 Å². The van der Waals surface area contributed by atoms with Gasteiger partial charge in [-0.15, -0.1) is 0 Å². The Bertz CT molecular complexity index is 749. The first-order valence-corrected chi connectivity index (χ1v) is 9.18. The summed E-state index contributed by atoms with van der Waals surface area (Å²) in [5.41, 5.74) is 2.34. The van der Waals surface area contributed by atoms with E-state index in [9.17, 15) is 4.79 Å². The first kappa shape index (κ1) is 16.6. The van der Waals surface area contributed by atoms with Crippen molar-refractivity contribution in [1.29, 1.82) is 0 Å². The summed E-state index contributed by atoms with van der Waals surface area (Å²) in [5, 5.41) is 0.801. The maximum Gasteiger partial charge on any atom is 0.254 e. The third-order valence-corrected chi connectivity index (χ3v) is 5.71. The van der Waals surface area contributed by atoms with Crippen LogP contribution in [0, 0.1) is 5.41 Å². The first-order chi connectivity index (χ1) is 12.1. The zero-order valence-electron chi connectivity index (χ0n) is 14.2. The van der Waals surface area contributed by atoms with Crippen molar-refractivity contribution in [2.75, 3.05) is 26.2 Å². The molecule has 2 aromatic rings. The molecule has 2 aliphatic rings. The third kappa shape index (κ3) is 3.55. The Morgan fingerprint density at radius 3 is 2.52 bits per heavy atom. The van der Waals surface area contributed by atoms with Crippen molar-refractivity contribution in [3.63, 3.8) is 0 Å². The highest BCUT2D eigenvalue weighted by molar-refractivity contribution is 6.30. The van der Waals surface area contributed by atoms with Crippen molar-refractivity contribution in [2.45, 2.75) is 19.4 Å². The van der Waals surface area contributed by atoms with Crippen LogP contribution in [0.2, 0.25) is 5.02 Å². The summed E-state index contributed by atoms with van der Waals surface area (Å²) in [6.45, 7) is 4.90. The summed E-state index contributed by atoms with van der Waals surface area (Å²) >= 11 is 6.08. The number of carbonyl (C=O) groups is 1. The molecule has 0 N–H and O–H groups in total. The SMILES string of the molecule is O=C(c1ccncc1)N1CC2(CCN(Cc3cccc(Cl)c3)CC2)C1. The molecule has 0 atom stereocenters. The first-order valence-electron chi connectivity index (χ1n) is 8.80. The smallest absolute Gasteiger partial charge is 0.254 e. The standard InChI is InChI=1S/C20H22ClN3O/c21-18-3-1-2-16(12-18)13-23-10-6-20(7-11-23)14-24(15-20)19(25)17-4-8-22-9-5-17/h1-5,8-9,12H,6-7,10-11,13-15H2. The molecule has 4 rings (SSSR count). The van der Waals surface area contributed by atoms with Crippen LogP contribution in [0.15, 0.2) is 48.8 Å². The van der Waals surface area contributed by atoms with Crippen LogP contribution in [-0.2, 0) is 6.54 Å². The summed E-state index contributed by atoms with van der Waals surface area (Å²) < 4.78 is 0. The molecule has 4 nitrogen and oxygen atoms in total. The van der Waals surface area contributed by atoms with Crippen LogP contribution in [0.3, 0.4) is 0 Å². The highest BCUT2D eigenvalue weighted by Crippen LogP contribution is 2.41. The zero-order chi connectivity index (χ0) is 17.3. The molecule has 25 heavy (non-hydrogen) atoms. The Morgan fingerprint density at radius 1 is 1.12 bits per heavy atom. The second-order valence-corrected chi connectivity index (χ2v) is 7.74. The van der Waals surface area contributed by atoms with Gasteiger partial charge in [-0.25, -0.2) is 0 Å². The van der Waals surface area contributed by atoms with Crippen LogP contribution >= 0.6 is 11.6 Å². The van der Waals surface area contributed by atoms with E-state index in [1.165, 1.54) is 5.56 Å². The van der Waals surface area contributed by atoms with Crippen molar-refractivity contribution < 1.29 is 4.79 Å². The van der Waals surface area contributed by atoms with Gasteiger partial charge in [0, 0.05) is 48.0 Å². The Hall–Kier alpha value is -1.91. The molecule has 5 heteroatoms. The van der Waals surface area contributed by atoms with Gasteiger partial charge in [0.1, 0.15) is 0 Å². The van der Waals surface area contributed by atoms with Gasteiger partial charge in [-0.05, 0) is 55.8 Å². The number of likely N-dealkylation sites (tertiary alicyclic amines) is 2. The molecular formula is C20H22ClN3O. The quantitative estimate of drug-likeness (QED) is 0.845. The molecule has 0 bridgehead atoms. The summed E-state index contributed by atoms with van der Waals surface area (Å²) in [7, 11) is 0. The molecule has 1 spiro atoms. The van der Waals surface area contributed by atoms with Gasteiger partial charge < -0.3 is 4.90 Å². The lowest BCUT2D eigenvalue weighted by Crippen LogP contribution is -2.61. The van der Waals surface area contributed by atoms with E-state index in [1.807, 2.05) is 23.1 Å². The van der Waals surface area contributed by atoms with Crippen LogP contribution in [0.5, 0.6) is 0 Å². The number of piperidine rings is 1. The second-order valence-electron chi connectivity index (χ2n) is 7.30. The maximum atomic E-state index is 12.5. The number of carbonyl (C=O) groups excluding carboxylic acids is 1. The minimum Gasteiger partial charge on any atom is -0.337 e.